The van der Waals surface area contributed by atoms with Crippen LogP contribution in [0.4, 0.5) is 18.9 Å². The summed E-state index contributed by atoms with van der Waals surface area (Å²) in [4.78, 5) is 14.8. The van der Waals surface area contributed by atoms with Crippen LogP contribution in [0.5, 0.6) is 0 Å². The molecular formula is C9H12F3N3O. The molecule has 0 radical (unpaired) electrons. The molecule has 0 aromatic carbocycles. The molecule has 0 unspecified atom stereocenters. The summed E-state index contributed by atoms with van der Waals surface area (Å²) in [5.74, 6) is -0.712. The van der Waals surface area contributed by atoms with Gasteiger partial charge in [-0.3, -0.25) is 4.79 Å². The third-order valence-corrected chi connectivity index (χ3v) is 1.97. The van der Waals surface area contributed by atoms with Crippen LogP contribution in [-0.4, -0.2) is 35.1 Å². The molecule has 1 aromatic rings. The lowest BCUT2D eigenvalue weighted by atomic mass is 10.3. The monoisotopic (exact) mass is 235 g/mol. The Hall–Kier alpha value is -1.66. The van der Waals surface area contributed by atoms with Crippen molar-refractivity contribution in [1.29, 1.82) is 0 Å². The number of alkyl halides is 3. The van der Waals surface area contributed by atoms with Gasteiger partial charge in [-0.05, 0) is 13.0 Å². The van der Waals surface area contributed by atoms with Crippen molar-refractivity contribution < 1.29 is 18.0 Å². The largest absolute Gasteiger partial charge is 0.406 e. The van der Waals surface area contributed by atoms with E-state index in [1.165, 1.54) is 19.2 Å². The maximum Gasteiger partial charge on any atom is 0.406 e. The number of H-pyrrole nitrogens is 1. The van der Waals surface area contributed by atoms with Gasteiger partial charge in [0.05, 0.1) is 0 Å². The first kappa shape index (κ1) is 12.4. The van der Waals surface area contributed by atoms with Crippen LogP contribution in [0.2, 0.25) is 0 Å². The highest BCUT2D eigenvalue weighted by atomic mass is 19.4. The maximum absolute atomic E-state index is 12.1. The van der Waals surface area contributed by atoms with E-state index < -0.39 is 18.6 Å². The maximum atomic E-state index is 12.1. The van der Waals surface area contributed by atoms with Crippen molar-refractivity contribution in [3.63, 3.8) is 0 Å². The number of halogens is 3. The fourth-order valence-corrected chi connectivity index (χ4v) is 1.25. The first-order chi connectivity index (χ1) is 7.33. The summed E-state index contributed by atoms with van der Waals surface area (Å²) in [6.07, 6.45) is -3.04. The molecule has 0 atom stereocenters. The molecule has 90 valence electrons. The van der Waals surface area contributed by atoms with Crippen molar-refractivity contribution in [2.24, 2.45) is 0 Å². The van der Waals surface area contributed by atoms with Gasteiger partial charge in [0.15, 0.2) is 0 Å². The molecule has 0 spiro atoms. The second-order valence-corrected chi connectivity index (χ2v) is 3.28. The number of hydrogen-bond donors (Lipinski definition) is 2. The lowest BCUT2D eigenvalue weighted by Crippen LogP contribution is -2.38. The Morgan fingerprint density at radius 2 is 2.19 bits per heavy atom. The molecule has 0 aliphatic heterocycles. The number of nitrogens with two attached hydrogens (primary N) is 1. The van der Waals surface area contributed by atoms with E-state index in [-0.39, 0.29) is 12.2 Å². The van der Waals surface area contributed by atoms with Crippen molar-refractivity contribution in [2.45, 2.75) is 13.1 Å². The van der Waals surface area contributed by atoms with Gasteiger partial charge in [-0.25, -0.2) is 0 Å². The third-order valence-electron chi connectivity index (χ3n) is 1.97. The van der Waals surface area contributed by atoms with Crippen LogP contribution < -0.4 is 5.73 Å². The van der Waals surface area contributed by atoms with Gasteiger partial charge in [-0.2, -0.15) is 13.2 Å². The average molecular weight is 235 g/mol. The number of amides is 1. The first-order valence-corrected chi connectivity index (χ1v) is 4.63. The Labute approximate surface area is 90.2 Å². The zero-order valence-corrected chi connectivity index (χ0v) is 8.64. The smallest absolute Gasteiger partial charge is 0.397 e. The van der Waals surface area contributed by atoms with Crippen molar-refractivity contribution in [1.82, 2.24) is 9.88 Å². The standard InChI is InChI=1S/C9H12F3N3O/c1-2-15(5-9(10,11)12)8(16)7-3-6(13)4-14-7/h3-4,14H,2,5,13H2,1H3. The summed E-state index contributed by atoms with van der Waals surface area (Å²) in [5.41, 5.74) is 5.73. The van der Waals surface area contributed by atoms with Crippen molar-refractivity contribution in [3.8, 4) is 0 Å². The zero-order valence-electron chi connectivity index (χ0n) is 8.64. The van der Waals surface area contributed by atoms with Crippen LogP contribution in [0.25, 0.3) is 0 Å². The fraction of sp³-hybridized carbons (Fsp3) is 0.444. The van der Waals surface area contributed by atoms with Gasteiger partial charge >= 0.3 is 6.18 Å². The Bertz CT molecular complexity index is 372. The Balaban J connectivity index is 2.78. The number of aromatic nitrogens is 1. The van der Waals surface area contributed by atoms with E-state index in [9.17, 15) is 18.0 Å². The molecular weight excluding hydrogens is 223 g/mol. The Morgan fingerprint density at radius 1 is 1.56 bits per heavy atom. The number of hydrogen-bond acceptors (Lipinski definition) is 2. The lowest BCUT2D eigenvalue weighted by molar-refractivity contribution is -0.140. The molecule has 1 amide bonds. The molecule has 0 bridgehead atoms. The average Bonchev–Trinajstić information content (AvgIpc) is 2.58. The van der Waals surface area contributed by atoms with Gasteiger partial charge < -0.3 is 15.6 Å². The van der Waals surface area contributed by atoms with Gasteiger partial charge in [-0.1, -0.05) is 0 Å². The number of carbonyl (C=O) groups is 1. The SMILES string of the molecule is CCN(CC(F)(F)F)C(=O)c1cc(N)c[nH]1. The quantitative estimate of drug-likeness (QED) is 0.836. The fourth-order valence-electron chi connectivity index (χ4n) is 1.25. The van der Waals surface area contributed by atoms with Gasteiger partial charge in [-0.15, -0.1) is 0 Å². The van der Waals surface area contributed by atoms with Crippen LogP contribution in [-0.2, 0) is 0 Å². The van der Waals surface area contributed by atoms with Crippen LogP contribution in [0.15, 0.2) is 12.3 Å². The molecule has 1 heterocycles. The van der Waals surface area contributed by atoms with Crippen LogP contribution in [0, 0.1) is 0 Å². The summed E-state index contributed by atoms with van der Waals surface area (Å²) in [7, 11) is 0. The second kappa shape index (κ2) is 4.46. The lowest BCUT2D eigenvalue weighted by Gasteiger charge is -2.21. The van der Waals surface area contributed by atoms with E-state index in [1.807, 2.05) is 0 Å². The minimum absolute atomic E-state index is 0.0166. The van der Waals surface area contributed by atoms with E-state index in [0.29, 0.717) is 10.6 Å². The van der Waals surface area contributed by atoms with Crippen LogP contribution in [0.3, 0.4) is 0 Å². The van der Waals surface area contributed by atoms with Crippen molar-refractivity contribution in [2.75, 3.05) is 18.8 Å². The number of rotatable bonds is 3. The number of nitrogens with zero attached hydrogens (tertiary/aromatic N) is 1. The van der Waals surface area contributed by atoms with E-state index in [4.69, 9.17) is 5.73 Å². The van der Waals surface area contributed by atoms with Crippen molar-refractivity contribution >= 4 is 11.6 Å². The van der Waals surface area contributed by atoms with Crippen LogP contribution in [0.1, 0.15) is 17.4 Å². The zero-order chi connectivity index (χ0) is 12.3. The topological polar surface area (TPSA) is 62.1 Å². The summed E-state index contributed by atoms with van der Waals surface area (Å²) in [5, 5.41) is 0. The third kappa shape index (κ3) is 3.18. The number of carbonyl (C=O) groups excluding carboxylic acids is 1. The molecule has 0 aliphatic rings. The summed E-state index contributed by atoms with van der Waals surface area (Å²) >= 11 is 0. The number of anilines is 1. The molecule has 16 heavy (non-hydrogen) atoms. The summed E-state index contributed by atoms with van der Waals surface area (Å²) < 4.78 is 36.4. The predicted octanol–water partition coefficient (Wildman–Crippen LogP) is 1.62. The molecule has 1 rings (SSSR count). The van der Waals surface area contributed by atoms with Gasteiger partial charge in [0.2, 0.25) is 0 Å². The minimum Gasteiger partial charge on any atom is -0.397 e. The Kier molecular flexibility index (Phi) is 3.46. The minimum atomic E-state index is -4.40. The molecule has 0 saturated heterocycles. The number of nitrogen functional groups attached to an aromatic ring is 1. The van der Waals surface area contributed by atoms with E-state index >= 15 is 0 Å². The number of nitrogens with one attached hydrogen (secondary N) is 1. The molecule has 4 nitrogen and oxygen atoms in total. The molecule has 3 N–H and O–H groups in total. The first-order valence-electron chi connectivity index (χ1n) is 4.63. The highest BCUT2D eigenvalue weighted by Crippen LogP contribution is 2.18. The number of aromatic amines is 1. The van der Waals surface area contributed by atoms with E-state index in [2.05, 4.69) is 4.98 Å². The summed E-state index contributed by atoms with van der Waals surface area (Å²) in [6, 6.07) is 1.31. The van der Waals surface area contributed by atoms with Crippen molar-refractivity contribution in [3.05, 3.63) is 18.0 Å². The van der Waals surface area contributed by atoms with Gasteiger partial charge in [0.1, 0.15) is 12.2 Å². The molecule has 0 aliphatic carbocycles. The van der Waals surface area contributed by atoms with E-state index in [1.54, 1.807) is 0 Å². The normalized spacial score (nSPS) is 11.5. The van der Waals surface area contributed by atoms with E-state index in [0.717, 1.165) is 0 Å². The Morgan fingerprint density at radius 3 is 2.56 bits per heavy atom. The predicted molar refractivity (Wildman–Crippen MR) is 52.8 cm³/mol. The molecule has 1 aromatic heterocycles. The van der Waals surface area contributed by atoms with Gasteiger partial charge in [0.25, 0.3) is 5.91 Å². The molecule has 0 saturated carbocycles. The molecule has 0 fully saturated rings. The van der Waals surface area contributed by atoms with Gasteiger partial charge in [0, 0.05) is 18.4 Å². The van der Waals surface area contributed by atoms with Crippen LogP contribution >= 0.6 is 0 Å². The summed E-state index contributed by atoms with van der Waals surface area (Å²) in [6.45, 7) is 0.203. The second-order valence-electron chi connectivity index (χ2n) is 3.28. The highest BCUT2D eigenvalue weighted by Gasteiger charge is 2.32. The highest BCUT2D eigenvalue weighted by molar-refractivity contribution is 5.93. The molecule has 7 heteroatoms.